The van der Waals surface area contributed by atoms with E-state index in [1.165, 1.54) is 16.7 Å². The van der Waals surface area contributed by atoms with Crippen molar-refractivity contribution in [2.75, 3.05) is 13.2 Å². The molecular weight excluding hydrogens is 395 g/mol. The lowest BCUT2D eigenvalue weighted by atomic mass is 10.0. The van der Waals surface area contributed by atoms with Gasteiger partial charge in [0.25, 0.3) is 0 Å². The molecule has 2 heterocycles. The Kier molecular flexibility index (Phi) is 10.8. The molecular formula is C22H32Cl2N2O2. The Morgan fingerprint density at radius 3 is 2.50 bits per heavy atom. The van der Waals surface area contributed by atoms with E-state index < -0.39 is 0 Å². The number of benzene rings is 1. The smallest absolute Gasteiger partial charge is 0.146 e. The fourth-order valence-electron chi connectivity index (χ4n) is 3.35. The molecule has 0 fully saturated rings. The average molecular weight is 427 g/mol. The Morgan fingerprint density at radius 1 is 1.07 bits per heavy atom. The Bertz CT molecular complexity index is 724. The second-order valence-corrected chi connectivity index (χ2v) is 7.25. The molecule has 6 heteroatoms. The van der Waals surface area contributed by atoms with Crippen LogP contribution >= 0.6 is 24.8 Å². The molecule has 1 N–H and O–H groups in total. The maximum atomic E-state index is 6.12. The van der Waals surface area contributed by atoms with Gasteiger partial charge in [-0.25, -0.2) is 0 Å². The minimum atomic E-state index is 0. The summed E-state index contributed by atoms with van der Waals surface area (Å²) in [6.07, 6.45) is 3.00. The highest BCUT2D eigenvalue weighted by Crippen LogP contribution is 2.34. The van der Waals surface area contributed by atoms with Crippen molar-refractivity contribution in [3.63, 3.8) is 0 Å². The van der Waals surface area contributed by atoms with Gasteiger partial charge in [0.05, 0.1) is 31.2 Å². The average Bonchev–Trinajstić information content (AvgIpc) is 3.10. The van der Waals surface area contributed by atoms with Crippen LogP contribution in [-0.2, 0) is 24.4 Å². The molecule has 1 aromatic carbocycles. The van der Waals surface area contributed by atoms with Crippen LogP contribution in [0, 0.1) is 6.92 Å². The highest BCUT2D eigenvalue weighted by atomic mass is 35.5. The molecule has 4 nitrogen and oxygen atoms in total. The highest BCUT2D eigenvalue weighted by Gasteiger charge is 2.23. The predicted octanol–water partition coefficient (Wildman–Crippen LogP) is 5.01. The quantitative estimate of drug-likeness (QED) is 0.572. The van der Waals surface area contributed by atoms with Gasteiger partial charge in [-0.2, -0.15) is 0 Å². The van der Waals surface area contributed by atoms with Crippen LogP contribution in [0.4, 0.5) is 0 Å². The number of nitrogens with zero attached hydrogens (tertiary/aromatic N) is 1. The molecule has 2 aromatic rings. The second kappa shape index (κ2) is 12.3. The van der Waals surface area contributed by atoms with E-state index in [9.17, 15) is 0 Å². The minimum absolute atomic E-state index is 0. The summed E-state index contributed by atoms with van der Waals surface area (Å²) >= 11 is 0. The van der Waals surface area contributed by atoms with Crippen molar-refractivity contribution in [2.24, 2.45) is 0 Å². The number of unbranched alkanes of at least 4 members (excludes halogenated alkanes) is 1. The van der Waals surface area contributed by atoms with E-state index in [1.807, 2.05) is 13.0 Å². The number of hydrogen-bond donors (Lipinski definition) is 1. The van der Waals surface area contributed by atoms with Crippen molar-refractivity contribution in [1.29, 1.82) is 0 Å². The van der Waals surface area contributed by atoms with Crippen LogP contribution in [0.2, 0.25) is 0 Å². The van der Waals surface area contributed by atoms with E-state index >= 15 is 0 Å². The number of aromatic nitrogens is 1. The molecule has 0 unspecified atom stereocenters. The zero-order valence-corrected chi connectivity index (χ0v) is 18.6. The summed E-state index contributed by atoms with van der Waals surface area (Å²) in [4.78, 5) is 4.86. The molecule has 0 bridgehead atoms. The summed E-state index contributed by atoms with van der Waals surface area (Å²) in [6.45, 7) is 9.42. The van der Waals surface area contributed by atoms with Crippen LogP contribution in [0.5, 0.6) is 5.75 Å². The second-order valence-electron chi connectivity index (χ2n) is 7.25. The van der Waals surface area contributed by atoms with Crippen LogP contribution in [0.25, 0.3) is 0 Å². The third-order valence-corrected chi connectivity index (χ3v) is 4.70. The molecule has 0 aliphatic carbocycles. The fraction of sp³-hybridized carbons (Fsp3) is 0.500. The van der Waals surface area contributed by atoms with Gasteiger partial charge in [-0.15, -0.1) is 24.8 Å². The summed E-state index contributed by atoms with van der Waals surface area (Å²) in [5.41, 5.74) is 5.79. The first kappa shape index (κ1) is 24.7. The number of ether oxygens (including phenoxy) is 2. The Labute approximate surface area is 181 Å². The summed E-state index contributed by atoms with van der Waals surface area (Å²) < 4.78 is 11.9. The Morgan fingerprint density at radius 2 is 1.79 bits per heavy atom. The largest absolute Gasteiger partial charge is 0.491 e. The molecule has 28 heavy (non-hydrogen) atoms. The van der Waals surface area contributed by atoms with Gasteiger partial charge in [0.1, 0.15) is 5.75 Å². The van der Waals surface area contributed by atoms with Gasteiger partial charge >= 0.3 is 0 Å². The monoisotopic (exact) mass is 426 g/mol. The van der Waals surface area contributed by atoms with Crippen LogP contribution in [0.3, 0.4) is 0 Å². The number of hydrogen-bond acceptors (Lipinski definition) is 4. The SMILES string of the molecule is Cc1nc(Cc2ccccc2)c2c(c1OCCCCNC(C)C)COC2.Cl.Cl. The molecule has 0 atom stereocenters. The van der Waals surface area contributed by atoms with Crippen molar-refractivity contribution in [1.82, 2.24) is 10.3 Å². The molecule has 1 aliphatic heterocycles. The van der Waals surface area contributed by atoms with E-state index in [0.29, 0.717) is 19.3 Å². The van der Waals surface area contributed by atoms with E-state index in [2.05, 4.69) is 43.4 Å². The molecule has 3 rings (SSSR count). The molecule has 0 amide bonds. The van der Waals surface area contributed by atoms with Crippen LogP contribution in [0.15, 0.2) is 30.3 Å². The standard InChI is InChI=1S/C22H30N2O2.2ClH/c1-16(2)23-11-7-8-12-26-22-17(3)24-21(19-14-25-15-20(19)22)13-18-9-5-4-6-10-18;;/h4-6,9-10,16,23H,7-8,11-15H2,1-3H3;2*1H. The van der Waals surface area contributed by atoms with Crippen molar-refractivity contribution in [3.05, 3.63) is 58.4 Å². The van der Waals surface area contributed by atoms with Gasteiger partial charge < -0.3 is 14.8 Å². The van der Waals surface area contributed by atoms with Gasteiger partial charge in [0.15, 0.2) is 0 Å². The van der Waals surface area contributed by atoms with E-state index in [1.54, 1.807) is 0 Å². The summed E-state index contributed by atoms with van der Waals surface area (Å²) in [6, 6.07) is 11.0. The first-order chi connectivity index (χ1) is 12.6. The van der Waals surface area contributed by atoms with Gasteiger partial charge in [0.2, 0.25) is 0 Å². The number of nitrogens with one attached hydrogen (secondary N) is 1. The van der Waals surface area contributed by atoms with Gasteiger partial charge in [0, 0.05) is 23.6 Å². The number of halogens is 2. The van der Waals surface area contributed by atoms with E-state index in [0.717, 1.165) is 49.6 Å². The maximum absolute atomic E-state index is 6.12. The van der Waals surface area contributed by atoms with E-state index in [4.69, 9.17) is 14.5 Å². The molecule has 1 aliphatic rings. The predicted molar refractivity (Wildman–Crippen MR) is 119 cm³/mol. The molecule has 0 saturated heterocycles. The number of rotatable bonds is 9. The van der Waals surface area contributed by atoms with Crippen molar-refractivity contribution < 1.29 is 9.47 Å². The maximum Gasteiger partial charge on any atom is 0.146 e. The zero-order chi connectivity index (χ0) is 18.4. The molecule has 156 valence electrons. The van der Waals surface area contributed by atoms with Crippen molar-refractivity contribution >= 4 is 24.8 Å². The molecule has 0 saturated carbocycles. The minimum Gasteiger partial charge on any atom is -0.491 e. The number of pyridine rings is 1. The third kappa shape index (κ3) is 6.63. The number of fused-ring (bicyclic) bond motifs is 1. The van der Waals surface area contributed by atoms with Gasteiger partial charge in [-0.3, -0.25) is 4.98 Å². The first-order valence-corrected chi connectivity index (χ1v) is 9.64. The third-order valence-electron chi connectivity index (χ3n) is 4.70. The number of aryl methyl sites for hydroxylation is 1. The van der Waals surface area contributed by atoms with Gasteiger partial charge in [-0.05, 0) is 31.9 Å². The fourth-order valence-corrected chi connectivity index (χ4v) is 3.35. The van der Waals surface area contributed by atoms with Crippen LogP contribution in [-0.4, -0.2) is 24.2 Å². The first-order valence-electron chi connectivity index (χ1n) is 9.64. The molecule has 0 spiro atoms. The van der Waals surface area contributed by atoms with E-state index in [-0.39, 0.29) is 24.8 Å². The normalized spacial score (nSPS) is 12.3. The lowest BCUT2D eigenvalue weighted by molar-refractivity contribution is 0.132. The van der Waals surface area contributed by atoms with Gasteiger partial charge in [-0.1, -0.05) is 44.2 Å². The highest BCUT2D eigenvalue weighted by molar-refractivity contribution is 5.85. The summed E-state index contributed by atoms with van der Waals surface area (Å²) in [5, 5.41) is 3.44. The Balaban J connectivity index is 0.00000196. The van der Waals surface area contributed by atoms with Crippen molar-refractivity contribution in [3.8, 4) is 5.75 Å². The Hall–Kier alpha value is -1.33. The van der Waals surface area contributed by atoms with Crippen LogP contribution < -0.4 is 10.1 Å². The lowest BCUT2D eigenvalue weighted by Gasteiger charge is -2.16. The molecule has 0 radical (unpaired) electrons. The van der Waals surface area contributed by atoms with Crippen molar-refractivity contribution in [2.45, 2.75) is 59.3 Å². The topological polar surface area (TPSA) is 43.4 Å². The molecule has 1 aromatic heterocycles. The zero-order valence-electron chi connectivity index (χ0n) is 17.0. The van der Waals surface area contributed by atoms with Crippen LogP contribution in [0.1, 0.15) is 54.8 Å². The summed E-state index contributed by atoms with van der Waals surface area (Å²) in [5.74, 6) is 0.936. The summed E-state index contributed by atoms with van der Waals surface area (Å²) in [7, 11) is 0. The lowest BCUT2D eigenvalue weighted by Crippen LogP contribution is -2.23.